The van der Waals surface area contributed by atoms with Crippen molar-refractivity contribution in [1.82, 2.24) is 4.90 Å². The maximum Gasteiger partial charge on any atom is 0.335 e. The van der Waals surface area contributed by atoms with Crippen molar-refractivity contribution in [3.05, 3.63) is 21.4 Å². The zero-order valence-corrected chi connectivity index (χ0v) is 13.1. The van der Waals surface area contributed by atoms with E-state index < -0.39 is 18.1 Å². The molecule has 0 aromatic carbocycles. The summed E-state index contributed by atoms with van der Waals surface area (Å²) in [6.45, 7) is 4.39. The van der Waals surface area contributed by atoms with Gasteiger partial charge in [-0.2, -0.15) is 0 Å². The van der Waals surface area contributed by atoms with Crippen LogP contribution in [0, 0.1) is 13.8 Å². The number of aryl methyl sites for hydroxylation is 2. The molecule has 2 unspecified atom stereocenters. The average Bonchev–Trinajstić information content (AvgIpc) is 2.75. The normalized spacial score (nSPS) is 22.6. The number of carboxylic acids is 1. The smallest absolute Gasteiger partial charge is 0.335 e. The van der Waals surface area contributed by atoms with E-state index in [0.717, 1.165) is 15.3 Å². The number of rotatable bonds is 5. The fourth-order valence-electron chi connectivity index (χ4n) is 2.59. The molecule has 1 fully saturated rings. The highest BCUT2D eigenvalue weighted by Gasteiger charge is 2.42. The van der Waals surface area contributed by atoms with Crippen LogP contribution in [-0.2, 0) is 19.1 Å². The number of nitrogens with zero attached hydrogens (tertiary/aromatic N) is 1. The molecule has 21 heavy (non-hydrogen) atoms. The lowest BCUT2D eigenvalue weighted by Crippen LogP contribution is -2.52. The maximum absolute atomic E-state index is 12.1. The highest BCUT2D eigenvalue weighted by Crippen LogP contribution is 2.35. The van der Waals surface area contributed by atoms with Gasteiger partial charge in [0.2, 0.25) is 5.91 Å². The third-order valence-corrected chi connectivity index (χ3v) is 4.49. The first-order valence-electron chi connectivity index (χ1n) is 6.65. The summed E-state index contributed by atoms with van der Waals surface area (Å²) in [4.78, 5) is 27.3. The van der Waals surface area contributed by atoms with Gasteiger partial charge in [0.05, 0.1) is 12.6 Å². The van der Waals surface area contributed by atoms with Crippen LogP contribution in [0.15, 0.2) is 6.07 Å². The number of thiophene rings is 1. The molecule has 1 aliphatic rings. The molecule has 6 nitrogen and oxygen atoms in total. The zero-order chi connectivity index (χ0) is 15.6. The fourth-order valence-corrected chi connectivity index (χ4v) is 3.55. The van der Waals surface area contributed by atoms with E-state index in [1.807, 2.05) is 19.9 Å². The van der Waals surface area contributed by atoms with Crippen LogP contribution < -0.4 is 0 Å². The molecule has 2 rings (SSSR count). The molecular weight excluding hydrogens is 294 g/mol. The second-order valence-electron chi connectivity index (χ2n) is 4.96. The highest BCUT2D eigenvalue weighted by molar-refractivity contribution is 7.12. The van der Waals surface area contributed by atoms with Crippen molar-refractivity contribution in [3.8, 4) is 0 Å². The van der Waals surface area contributed by atoms with Crippen molar-refractivity contribution in [2.24, 2.45) is 0 Å². The van der Waals surface area contributed by atoms with Gasteiger partial charge in [-0.1, -0.05) is 0 Å². The molecule has 2 heterocycles. The van der Waals surface area contributed by atoms with Gasteiger partial charge in [-0.25, -0.2) is 4.79 Å². The van der Waals surface area contributed by atoms with Crippen LogP contribution in [0.1, 0.15) is 21.4 Å². The van der Waals surface area contributed by atoms with Crippen molar-refractivity contribution in [3.63, 3.8) is 0 Å². The van der Waals surface area contributed by atoms with Crippen LogP contribution in [0.5, 0.6) is 0 Å². The molecule has 0 bridgehead atoms. The van der Waals surface area contributed by atoms with Gasteiger partial charge in [-0.05, 0) is 25.5 Å². The largest absolute Gasteiger partial charge is 0.479 e. The Balaban J connectivity index is 2.41. The lowest BCUT2D eigenvalue weighted by molar-refractivity contribution is -0.173. The summed E-state index contributed by atoms with van der Waals surface area (Å²) in [6, 6.07) is 1.33. The second-order valence-corrected chi connectivity index (χ2v) is 6.42. The number of aliphatic carboxylic acids is 1. The summed E-state index contributed by atoms with van der Waals surface area (Å²) >= 11 is 1.59. The minimum absolute atomic E-state index is 0.209. The van der Waals surface area contributed by atoms with Gasteiger partial charge in [0.15, 0.2) is 6.10 Å². The van der Waals surface area contributed by atoms with E-state index in [0.29, 0.717) is 13.2 Å². The van der Waals surface area contributed by atoms with E-state index in [2.05, 4.69) is 0 Å². The fraction of sp³-hybridized carbons (Fsp3) is 0.571. The zero-order valence-electron chi connectivity index (χ0n) is 12.3. The molecule has 2 atom stereocenters. The Bertz CT molecular complexity index is 541. The monoisotopic (exact) mass is 313 g/mol. The first-order valence-corrected chi connectivity index (χ1v) is 7.47. The molecule has 1 aromatic rings. The highest BCUT2D eigenvalue weighted by atomic mass is 32.1. The maximum atomic E-state index is 12.1. The number of carbonyl (C=O) groups is 2. The minimum Gasteiger partial charge on any atom is -0.479 e. The molecule has 0 spiro atoms. The molecule has 1 aromatic heterocycles. The third kappa shape index (κ3) is 3.25. The molecule has 1 amide bonds. The van der Waals surface area contributed by atoms with E-state index in [4.69, 9.17) is 9.47 Å². The number of amides is 1. The first kappa shape index (κ1) is 15.9. The third-order valence-electron chi connectivity index (χ3n) is 3.51. The standard InChI is InChI=1S/C14H19NO5S/c1-8-6-10(9(2)21-8)12-13(14(17)18)20-7-11(16)15(12)4-5-19-3/h6,12-13H,4-5,7H2,1-3H3,(H,17,18). The molecule has 0 aliphatic carbocycles. The molecule has 1 N–H and O–H groups in total. The first-order chi connectivity index (χ1) is 9.95. The Hall–Kier alpha value is -1.44. The van der Waals surface area contributed by atoms with Gasteiger partial charge in [0.1, 0.15) is 6.61 Å². The molecule has 116 valence electrons. The summed E-state index contributed by atoms with van der Waals surface area (Å²) in [5.41, 5.74) is 0.842. The Morgan fingerprint density at radius 3 is 2.81 bits per heavy atom. The van der Waals surface area contributed by atoms with Gasteiger partial charge >= 0.3 is 5.97 Å². The number of hydrogen-bond donors (Lipinski definition) is 1. The van der Waals surface area contributed by atoms with Crippen LogP contribution in [0.3, 0.4) is 0 Å². The Morgan fingerprint density at radius 1 is 1.57 bits per heavy atom. The van der Waals surface area contributed by atoms with Crippen LogP contribution in [0.4, 0.5) is 0 Å². The molecule has 0 radical (unpaired) electrons. The van der Waals surface area contributed by atoms with E-state index >= 15 is 0 Å². The number of morpholine rings is 1. The number of carboxylic acid groups (broad SMARTS) is 1. The van der Waals surface area contributed by atoms with Crippen molar-refractivity contribution < 1.29 is 24.2 Å². The van der Waals surface area contributed by atoms with Crippen LogP contribution in [-0.4, -0.2) is 54.9 Å². The van der Waals surface area contributed by atoms with Crippen LogP contribution in [0.2, 0.25) is 0 Å². The van der Waals surface area contributed by atoms with Gasteiger partial charge in [-0.3, -0.25) is 4.79 Å². The van der Waals surface area contributed by atoms with Gasteiger partial charge < -0.3 is 19.5 Å². The van der Waals surface area contributed by atoms with Gasteiger partial charge in [-0.15, -0.1) is 11.3 Å². The minimum atomic E-state index is -1.06. The van der Waals surface area contributed by atoms with Crippen LogP contribution in [0.25, 0.3) is 0 Å². The Kier molecular flexibility index (Phi) is 4.97. The molecule has 1 saturated heterocycles. The topological polar surface area (TPSA) is 76.1 Å². The van der Waals surface area contributed by atoms with E-state index in [1.54, 1.807) is 23.3 Å². The average molecular weight is 313 g/mol. The lowest BCUT2D eigenvalue weighted by Gasteiger charge is -2.39. The number of methoxy groups -OCH3 is 1. The summed E-state index contributed by atoms with van der Waals surface area (Å²) in [7, 11) is 1.55. The Labute approximate surface area is 127 Å². The summed E-state index contributed by atoms with van der Waals surface area (Å²) in [6.07, 6.45) is -1.05. The summed E-state index contributed by atoms with van der Waals surface area (Å²) < 4.78 is 10.3. The van der Waals surface area contributed by atoms with Crippen molar-refractivity contribution >= 4 is 23.2 Å². The number of ether oxygens (including phenoxy) is 2. The summed E-state index contributed by atoms with van der Waals surface area (Å²) in [5, 5.41) is 9.41. The SMILES string of the molecule is COCCN1C(=O)COC(C(=O)O)C1c1cc(C)sc1C. The summed E-state index contributed by atoms with van der Waals surface area (Å²) in [5.74, 6) is -1.27. The number of hydrogen-bond acceptors (Lipinski definition) is 5. The second kappa shape index (κ2) is 6.55. The molecule has 1 aliphatic heterocycles. The predicted molar refractivity (Wildman–Crippen MR) is 77.5 cm³/mol. The molecule has 0 saturated carbocycles. The van der Waals surface area contributed by atoms with Crippen molar-refractivity contribution in [2.75, 3.05) is 26.9 Å². The van der Waals surface area contributed by atoms with E-state index in [1.165, 1.54) is 0 Å². The van der Waals surface area contributed by atoms with Crippen molar-refractivity contribution in [2.45, 2.75) is 26.0 Å². The molecule has 7 heteroatoms. The van der Waals surface area contributed by atoms with Crippen molar-refractivity contribution in [1.29, 1.82) is 0 Å². The van der Waals surface area contributed by atoms with Gasteiger partial charge in [0, 0.05) is 23.4 Å². The van der Waals surface area contributed by atoms with E-state index in [-0.39, 0.29) is 12.5 Å². The quantitative estimate of drug-likeness (QED) is 0.888. The molecular formula is C14H19NO5S. The van der Waals surface area contributed by atoms with Crippen LogP contribution >= 0.6 is 11.3 Å². The number of carbonyl (C=O) groups excluding carboxylic acids is 1. The van der Waals surface area contributed by atoms with E-state index in [9.17, 15) is 14.7 Å². The van der Waals surface area contributed by atoms with Gasteiger partial charge in [0.25, 0.3) is 0 Å². The Morgan fingerprint density at radius 2 is 2.29 bits per heavy atom. The predicted octanol–water partition coefficient (Wildman–Crippen LogP) is 1.36. The lowest BCUT2D eigenvalue weighted by atomic mass is 9.98.